The van der Waals surface area contributed by atoms with E-state index in [-0.39, 0.29) is 0 Å². The summed E-state index contributed by atoms with van der Waals surface area (Å²) in [7, 11) is 0. The zero-order chi connectivity index (χ0) is 14.7. The molecule has 0 bridgehead atoms. The summed E-state index contributed by atoms with van der Waals surface area (Å²) in [5.41, 5.74) is 3.79. The van der Waals surface area contributed by atoms with E-state index in [1.807, 2.05) is 12.4 Å². The van der Waals surface area contributed by atoms with Crippen LogP contribution in [0.15, 0.2) is 36.7 Å². The minimum absolute atomic E-state index is 0.675. The minimum atomic E-state index is 0.675. The Morgan fingerprint density at radius 1 is 1.24 bits per heavy atom. The number of fused-ring (bicyclic) bond motifs is 1. The minimum Gasteiger partial charge on any atom is -0.369 e. The van der Waals surface area contributed by atoms with Crippen LogP contribution in [-0.2, 0) is 13.0 Å². The van der Waals surface area contributed by atoms with Gasteiger partial charge in [-0.05, 0) is 30.9 Å². The maximum absolute atomic E-state index is 4.52. The monoisotopic (exact) mass is 282 g/mol. The Morgan fingerprint density at radius 3 is 2.86 bits per heavy atom. The second kappa shape index (κ2) is 6.12. The van der Waals surface area contributed by atoms with E-state index in [2.05, 4.69) is 58.3 Å². The summed E-state index contributed by atoms with van der Waals surface area (Å²) in [4.78, 5) is 11.3. The van der Waals surface area contributed by atoms with Gasteiger partial charge in [-0.15, -0.1) is 0 Å². The third-order valence-electron chi connectivity index (χ3n) is 3.85. The highest BCUT2D eigenvalue weighted by molar-refractivity contribution is 5.55. The summed E-state index contributed by atoms with van der Waals surface area (Å²) >= 11 is 0. The van der Waals surface area contributed by atoms with Gasteiger partial charge in [0, 0.05) is 18.8 Å². The number of aromatic nitrogens is 2. The molecule has 3 rings (SSSR count). The molecule has 0 fully saturated rings. The third-order valence-corrected chi connectivity index (χ3v) is 3.85. The molecule has 1 aliphatic heterocycles. The van der Waals surface area contributed by atoms with Crippen molar-refractivity contribution in [2.75, 3.05) is 23.3 Å². The molecule has 1 unspecified atom stereocenters. The van der Waals surface area contributed by atoms with Crippen LogP contribution in [0.3, 0.4) is 0 Å². The zero-order valence-electron chi connectivity index (χ0n) is 12.7. The lowest BCUT2D eigenvalue weighted by molar-refractivity contribution is 0.528. The molecule has 4 nitrogen and oxygen atoms in total. The van der Waals surface area contributed by atoms with Crippen molar-refractivity contribution >= 4 is 11.5 Å². The molecule has 0 saturated heterocycles. The van der Waals surface area contributed by atoms with E-state index in [4.69, 9.17) is 0 Å². The van der Waals surface area contributed by atoms with Crippen molar-refractivity contribution in [1.82, 2.24) is 9.97 Å². The van der Waals surface area contributed by atoms with Crippen molar-refractivity contribution in [2.24, 2.45) is 5.92 Å². The Balaban J connectivity index is 1.78. The molecule has 1 aromatic heterocycles. The fourth-order valence-corrected chi connectivity index (χ4v) is 2.96. The first kappa shape index (κ1) is 13.9. The summed E-state index contributed by atoms with van der Waals surface area (Å²) in [5, 5.41) is 3.17. The molecule has 1 aromatic carbocycles. The number of hydrogen-bond acceptors (Lipinski definition) is 4. The van der Waals surface area contributed by atoms with Gasteiger partial charge in [0.1, 0.15) is 5.82 Å². The number of nitrogens with one attached hydrogen (secondary N) is 1. The fourth-order valence-electron chi connectivity index (χ4n) is 2.96. The van der Waals surface area contributed by atoms with Crippen molar-refractivity contribution in [3.8, 4) is 0 Å². The number of nitrogens with zero attached hydrogens (tertiary/aromatic N) is 3. The van der Waals surface area contributed by atoms with E-state index in [0.717, 1.165) is 37.6 Å². The first-order chi connectivity index (χ1) is 10.3. The molecule has 1 aliphatic rings. The van der Waals surface area contributed by atoms with E-state index in [1.165, 1.54) is 11.3 Å². The Labute approximate surface area is 126 Å². The average molecular weight is 282 g/mol. The molecule has 1 atom stereocenters. The van der Waals surface area contributed by atoms with Crippen LogP contribution in [0, 0.1) is 5.92 Å². The summed E-state index contributed by atoms with van der Waals surface area (Å²) in [6, 6.07) is 8.68. The largest absolute Gasteiger partial charge is 0.369 e. The van der Waals surface area contributed by atoms with Crippen molar-refractivity contribution in [3.05, 3.63) is 47.9 Å². The number of anilines is 2. The number of hydrogen-bond donors (Lipinski definition) is 1. The Morgan fingerprint density at radius 2 is 2.10 bits per heavy atom. The predicted octanol–water partition coefficient (Wildman–Crippen LogP) is 3.11. The van der Waals surface area contributed by atoms with Gasteiger partial charge in [0.15, 0.2) is 0 Å². The molecule has 0 radical (unpaired) electrons. The first-order valence-corrected chi connectivity index (χ1v) is 7.64. The molecule has 0 amide bonds. The van der Waals surface area contributed by atoms with Crippen LogP contribution in [0.4, 0.5) is 11.5 Å². The van der Waals surface area contributed by atoms with Crippen molar-refractivity contribution < 1.29 is 0 Å². The fraction of sp³-hybridized carbons (Fsp3) is 0.412. The van der Waals surface area contributed by atoms with E-state index in [9.17, 15) is 0 Å². The van der Waals surface area contributed by atoms with Crippen LogP contribution in [0.1, 0.15) is 25.1 Å². The van der Waals surface area contributed by atoms with Gasteiger partial charge in [-0.2, -0.15) is 0 Å². The quantitative estimate of drug-likeness (QED) is 0.935. The molecule has 0 saturated carbocycles. The molecule has 2 aromatic rings. The highest BCUT2D eigenvalue weighted by Gasteiger charge is 2.21. The Hall–Kier alpha value is -2.10. The highest BCUT2D eigenvalue weighted by atomic mass is 15.2. The lowest BCUT2D eigenvalue weighted by Crippen LogP contribution is -2.34. The van der Waals surface area contributed by atoms with E-state index in [1.54, 1.807) is 0 Å². The van der Waals surface area contributed by atoms with Gasteiger partial charge < -0.3 is 10.2 Å². The van der Waals surface area contributed by atoms with Crippen molar-refractivity contribution in [2.45, 2.75) is 26.8 Å². The zero-order valence-corrected chi connectivity index (χ0v) is 12.7. The number of para-hydroxylation sites is 1. The molecule has 2 heterocycles. The second-order valence-electron chi connectivity index (χ2n) is 5.74. The lowest BCUT2D eigenvalue weighted by atomic mass is 9.94. The maximum atomic E-state index is 4.52. The number of rotatable bonds is 4. The molecule has 1 N–H and O–H groups in total. The lowest BCUT2D eigenvalue weighted by Gasteiger charge is -2.34. The third kappa shape index (κ3) is 3.15. The van der Waals surface area contributed by atoms with E-state index in [0.29, 0.717) is 5.92 Å². The van der Waals surface area contributed by atoms with Gasteiger partial charge in [0.2, 0.25) is 0 Å². The van der Waals surface area contributed by atoms with Gasteiger partial charge in [-0.25, -0.2) is 4.98 Å². The molecule has 110 valence electrons. The van der Waals surface area contributed by atoms with Crippen molar-refractivity contribution in [1.29, 1.82) is 0 Å². The Bertz CT molecular complexity index is 594. The highest BCUT2D eigenvalue weighted by Crippen LogP contribution is 2.30. The predicted molar refractivity (Wildman–Crippen MR) is 86.6 cm³/mol. The average Bonchev–Trinajstić information content (AvgIpc) is 2.49. The summed E-state index contributed by atoms with van der Waals surface area (Å²) in [6.45, 7) is 7.13. The second-order valence-corrected chi connectivity index (χ2v) is 5.74. The first-order valence-electron chi connectivity index (χ1n) is 7.64. The van der Waals surface area contributed by atoms with E-state index >= 15 is 0 Å². The van der Waals surface area contributed by atoms with Gasteiger partial charge in [-0.3, -0.25) is 4.98 Å². The summed E-state index contributed by atoms with van der Waals surface area (Å²) in [5.74, 6) is 1.52. The van der Waals surface area contributed by atoms with Crippen LogP contribution in [0.5, 0.6) is 0 Å². The smallest absolute Gasteiger partial charge is 0.144 e. The van der Waals surface area contributed by atoms with E-state index < -0.39 is 0 Å². The molecule has 0 aliphatic carbocycles. The molecular formula is C17H22N4. The van der Waals surface area contributed by atoms with Gasteiger partial charge >= 0.3 is 0 Å². The standard InChI is InChI=1S/C17H22N4/c1-3-18-17-10-19-15(9-20-17)12-21-11-13(2)8-14-6-4-5-7-16(14)21/h4-7,9-10,13H,3,8,11-12H2,1-2H3,(H,18,20). The van der Waals surface area contributed by atoms with Gasteiger partial charge in [0.25, 0.3) is 0 Å². The van der Waals surface area contributed by atoms with Crippen LogP contribution < -0.4 is 10.2 Å². The number of benzene rings is 1. The van der Waals surface area contributed by atoms with Gasteiger partial charge in [0.05, 0.1) is 24.6 Å². The van der Waals surface area contributed by atoms with Gasteiger partial charge in [-0.1, -0.05) is 25.1 Å². The van der Waals surface area contributed by atoms with Crippen LogP contribution in [0.25, 0.3) is 0 Å². The summed E-state index contributed by atoms with van der Waals surface area (Å²) < 4.78 is 0. The topological polar surface area (TPSA) is 41.1 Å². The molecule has 4 heteroatoms. The van der Waals surface area contributed by atoms with Crippen LogP contribution in [0.2, 0.25) is 0 Å². The summed E-state index contributed by atoms with van der Waals surface area (Å²) in [6.07, 6.45) is 4.86. The van der Waals surface area contributed by atoms with Crippen LogP contribution >= 0.6 is 0 Å². The molecule has 0 spiro atoms. The molecule has 21 heavy (non-hydrogen) atoms. The Kier molecular flexibility index (Phi) is 4.04. The van der Waals surface area contributed by atoms with Crippen molar-refractivity contribution in [3.63, 3.8) is 0 Å². The SMILES string of the molecule is CCNc1cnc(CN2CC(C)Cc3ccccc32)cn1. The molecular weight excluding hydrogens is 260 g/mol. The van der Waals surface area contributed by atoms with Crippen LogP contribution in [-0.4, -0.2) is 23.1 Å². The maximum Gasteiger partial charge on any atom is 0.144 e. The normalized spacial score (nSPS) is 17.4.